The number of aryl methyl sites for hydroxylation is 5. The number of hydrogen-bond acceptors (Lipinski definition) is 9. The first-order chi connectivity index (χ1) is 29.1. The molecule has 0 aliphatic carbocycles. The van der Waals surface area contributed by atoms with Crippen LogP contribution in [0.2, 0.25) is 0 Å². The van der Waals surface area contributed by atoms with Gasteiger partial charge in [0.2, 0.25) is 0 Å². The van der Waals surface area contributed by atoms with Gasteiger partial charge in [-0.1, -0.05) is 104 Å². The van der Waals surface area contributed by atoms with Crippen LogP contribution in [0.25, 0.3) is 0 Å². The predicted octanol–water partition coefficient (Wildman–Crippen LogP) is 12.6. The van der Waals surface area contributed by atoms with Crippen LogP contribution in [0.15, 0.2) is 14.9 Å². The maximum Gasteiger partial charge on any atom is 0.472 e. The summed E-state index contributed by atoms with van der Waals surface area (Å²) in [6, 6.07) is 2.21. The van der Waals surface area contributed by atoms with E-state index in [1.807, 2.05) is 21.1 Å². The minimum atomic E-state index is -4.40. The van der Waals surface area contributed by atoms with E-state index in [4.69, 9.17) is 27.4 Å². The van der Waals surface area contributed by atoms with Crippen molar-refractivity contribution in [3.8, 4) is 0 Å². The Balaban J connectivity index is 1.66. The van der Waals surface area contributed by atoms with Crippen LogP contribution in [0, 0.1) is 20.8 Å². The molecule has 11 nitrogen and oxygen atoms in total. The highest BCUT2D eigenvalue weighted by Crippen LogP contribution is 2.43. The molecule has 0 fully saturated rings. The van der Waals surface area contributed by atoms with Crippen LogP contribution in [-0.4, -0.2) is 74.9 Å². The first-order valence-corrected chi connectivity index (χ1v) is 25.6. The number of ether oxygens (including phenoxy) is 2. The smallest absolute Gasteiger partial charge is 0.466 e. The molecule has 352 valence electrons. The third-order valence-corrected chi connectivity index (χ3v) is 12.5. The van der Waals surface area contributed by atoms with Gasteiger partial charge >= 0.3 is 19.8 Å². The fourth-order valence-corrected chi connectivity index (χ4v) is 8.13. The van der Waals surface area contributed by atoms with E-state index in [2.05, 4.69) is 40.7 Å². The van der Waals surface area contributed by atoms with E-state index in [-0.39, 0.29) is 26.1 Å². The molecule has 0 aliphatic rings. The average molecular weight is 881 g/mol. The lowest BCUT2D eigenvalue weighted by Gasteiger charge is -2.24. The van der Waals surface area contributed by atoms with Gasteiger partial charge in [-0.3, -0.25) is 18.6 Å². The van der Waals surface area contributed by atoms with Crippen molar-refractivity contribution in [1.29, 1.82) is 0 Å². The Hall–Kier alpha value is -2.43. The fraction of sp³-hybridized carbons (Fsp3) is 0.796. The number of carbonyl (C=O) groups is 2. The van der Waals surface area contributed by atoms with Gasteiger partial charge in [-0.2, -0.15) is 0 Å². The minimum Gasteiger partial charge on any atom is -0.466 e. The van der Waals surface area contributed by atoms with E-state index in [1.165, 1.54) is 74.5 Å². The summed E-state index contributed by atoms with van der Waals surface area (Å²) in [6.45, 7) is 10.8. The Morgan fingerprint density at radius 3 is 1.64 bits per heavy atom. The lowest BCUT2D eigenvalue weighted by Crippen LogP contribution is -2.37. The molecule has 2 heterocycles. The van der Waals surface area contributed by atoms with Crippen LogP contribution in [0.4, 0.5) is 0 Å². The SMILES string of the molecule is CCCCCc1cc(C)c(CCCCCCCCCCC(=O)OC(COC(=O)CCCCCCCCc2oc(CCCCC)c(C)c2C)COP(=O)(O)OCC[N+](C)(C)C)o1. The standard InChI is InChI=1S/C49H86NO10P/c1-9-11-23-29-43-37-40(3)45(58-43)30-25-19-15-13-14-16-22-28-34-49(52)59-44(39-57-61(53,54)56-36-35-50(6,7)8)38-55-48(51)33-27-21-18-17-20-26-32-47-42(5)41(4)46(60-47)31-24-12-10-2/h37,44H,9-36,38-39H2,1-8H3/p+1. The summed E-state index contributed by atoms with van der Waals surface area (Å²) in [5.41, 5.74) is 3.89. The van der Waals surface area contributed by atoms with Crippen molar-refractivity contribution in [2.45, 2.75) is 208 Å². The molecule has 12 heteroatoms. The van der Waals surface area contributed by atoms with Crippen LogP contribution in [0.5, 0.6) is 0 Å². The van der Waals surface area contributed by atoms with E-state index in [9.17, 15) is 19.0 Å². The summed E-state index contributed by atoms with van der Waals surface area (Å²) in [6.07, 6.45) is 25.1. The molecule has 0 saturated carbocycles. The molecule has 2 aromatic heterocycles. The maximum absolute atomic E-state index is 12.8. The molecule has 0 radical (unpaired) electrons. The molecule has 0 spiro atoms. The number of phosphoric ester groups is 1. The quantitative estimate of drug-likeness (QED) is 0.0300. The van der Waals surface area contributed by atoms with Crippen molar-refractivity contribution in [3.63, 3.8) is 0 Å². The van der Waals surface area contributed by atoms with Gasteiger partial charge in [0, 0.05) is 38.5 Å². The van der Waals surface area contributed by atoms with Crippen molar-refractivity contribution < 1.29 is 50.9 Å². The third kappa shape index (κ3) is 26.1. The Labute approximate surface area is 370 Å². The number of carbonyl (C=O) groups excluding carboxylic acids is 2. The van der Waals surface area contributed by atoms with E-state index < -0.39 is 32.5 Å². The van der Waals surface area contributed by atoms with Crippen molar-refractivity contribution in [3.05, 3.63) is 45.8 Å². The number of likely N-dealkylation sites (N-methyl/N-ethyl adjacent to an activating group) is 1. The highest BCUT2D eigenvalue weighted by atomic mass is 31.2. The molecule has 0 aliphatic heterocycles. The predicted molar refractivity (Wildman–Crippen MR) is 245 cm³/mol. The van der Waals surface area contributed by atoms with Gasteiger partial charge in [-0.25, -0.2) is 4.57 Å². The van der Waals surface area contributed by atoms with Crippen molar-refractivity contribution in [1.82, 2.24) is 0 Å². The fourth-order valence-electron chi connectivity index (χ4n) is 7.38. The first-order valence-electron chi connectivity index (χ1n) is 24.1. The van der Waals surface area contributed by atoms with Crippen molar-refractivity contribution in [2.24, 2.45) is 0 Å². The average Bonchev–Trinajstić information content (AvgIpc) is 3.69. The van der Waals surface area contributed by atoms with Gasteiger partial charge in [0.1, 0.15) is 42.8 Å². The topological polar surface area (TPSA) is 135 Å². The summed E-state index contributed by atoms with van der Waals surface area (Å²) in [7, 11) is 1.43. The molecule has 2 unspecified atom stereocenters. The van der Waals surface area contributed by atoms with Crippen LogP contribution in [0.3, 0.4) is 0 Å². The van der Waals surface area contributed by atoms with E-state index in [0.29, 0.717) is 23.9 Å². The van der Waals surface area contributed by atoms with Gasteiger partial charge in [0.15, 0.2) is 6.10 Å². The third-order valence-electron chi connectivity index (χ3n) is 11.5. The molecule has 2 rings (SSSR count). The van der Waals surface area contributed by atoms with Crippen LogP contribution >= 0.6 is 7.82 Å². The van der Waals surface area contributed by atoms with E-state index >= 15 is 0 Å². The molecule has 0 amide bonds. The number of esters is 2. The van der Waals surface area contributed by atoms with Gasteiger partial charge in [-0.05, 0) is 82.1 Å². The molecule has 0 aromatic carbocycles. The number of unbranched alkanes of at least 4 members (excludes halogenated alkanes) is 16. The molecule has 0 bridgehead atoms. The number of quaternary nitrogens is 1. The normalized spacial score (nSPS) is 13.4. The second-order valence-corrected chi connectivity index (χ2v) is 19.7. The Kier molecular flexibility index (Phi) is 28.2. The Morgan fingerprint density at radius 1 is 0.623 bits per heavy atom. The largest absolute Gasteiger partial charge is 0.472 e. The zero-order valence-electron chi connectivity index (χ0n) is 39.9. The number of rotatable bonds is 38. The Bertz CT molecular complexity index is 1530. The highest BCUT2D eigenvalue weighted by Gasteiger charge is 2.27. The molecule has 1 N–H and O–H groups in total. The molecule has 2 aromatic rings. The molecule has 0 saturated heterocycles. The van der Waals surface area contributed by atoms with Gasteiger partial charge < -0.3 is 27.7 Å². The highest BCUT2D eigenvalue weighted by molar-refractivity contribution is 7.47. The number of hydrogen-bond donors (Lipinski definition) is 1. The lowest BCUT2D eigenvalue weighted by molar-refractivity contribution is -0.870. The van der Waals surface area contributed by atoms with Crippen molar-refractivity contribution in [2.75, 3.05) is 47.5 Å². The molecular formula is C49H87NO10P+. The monoisotopic (exact) mass is 881 g/mol. The summed E-state index contributed by atoms with van der Waals surface area (Å²) in [5.74, 6) is 3.71. The summed E-state index contributed by atoms with van der Waals surface area (Å²) in [5, 5.41) is 0. The van der Waals surface area contributed by atoms with Gasteiger partial charge in [-0.15, -0.1) is 0 Å². The number of phosphoric acid groups is 1. The zero-order valence-corrected chi connectivity index (χ0v) is 40.8. The Morgan fingerprint density at radius 2 is 1.10 bits per heavy atom. The van der Waals surface area contributed by atoms with Crippen LogP contribution in [0.1, 0.15) is 195 Å². The van der Waals surface area contributed by atoms with Crippen molar-refractivity contribution >= 4 is 19.8 Å². The van der Waals surface area contributed by atoms with Gasteiger partial charge in [0.05, 0.1) is 27.7 Å². The summed E-state index contributed by atoms with van der Waals surface area (Å²) < 4.78 is 46.8. The molecule has 2 atom stereocenters. The summed E-state index contributed by atoms with van der Waals surface area (Å²) in [4.78, 5) is 35.7. The van der Waals surface area contributed by atoms with Gasteiger partial charge in [0.25, 0.3) is 0 Å². The second kappa shape index (κ2) is 31.4. The van der Waals surface area contributed by atoms with Crippen LogP contribution < -0.4 is 0 Å². The second-order valence-electron chi connectivity index (χ2n) is 18.3. The maximum atomic E-state index is 12.8. The zero-order chi connectivity index (χ0) is 44.9. The van der Waals surface area contributed by atoms with E-state index in [1.54, 1.807) is 0 Å². The van der Waals surface area contributed by atoms with Crippen LogP contribution in [-0.2, 0) is 58.4 Å². The summed E-state index contributed by atoms with van der Waals surface area (Å²) >= 11 is 0. The van der Waals surface area contributed by atoms with E-state index in [0.717, 1.165) is 107 Å². The number of furan rings is 2. The number of nitrogens with zero attached hydrogens (tertiary/aromatic N) is 1. The minimum absolute atomic E-state index is 0.0186. The lowest BCUT2D eigenvalue weighted by atomic mass is 10.0. The first kappa shape index (κ1) is 54.7. The molecular weight excluding hydrogens is 794 g/mol. The molecule has 61 heavy (non-hydrogen) atoms.